The summed E-state index contributed by atoms with van der Waals surface area (Å²) in [5.41, 5.74) is 7.67. The van der Waals surface area contributed by atoms with E-state index in [1.54, 1.807) is 6.20 Å². The maximum Gasteiger partial charge on any atom is 0.202 e. The van der Waals surface area contributed by atoms with Gasteiger partial charge in [-0.05, 0) is 46.0 Å². The predicted molar refractivity (Wildman–Crippen MR) is 74.3 cm³/mol. The average molecular weight is 247 g/mol. The second kappa shape index (κ2) is 5.35. The van der Waals surface area contributed by atoms with Gasteiger partial charge in [-0.25, -0.2) is 9.97 Å². The molecule has 0 aliphatic heterocycles. The first-order valence-electron chi connectivity index (χ1n) is 6.36. The van der Waals surface area contributed by atoms with Crippen LogP contribution in [0.15, 0.2) is 18.3 Å². The van der Waals surface area contributed by atoms with Gasteiger partial charge in [0.15, 0.2) is 5.65 Å². The van der Waals surface area contributed by atoms with E-state index in [2.05, 4.69) is 35.8 Å². The standard InChI is InChI=1S/C13H21N5/c1-10(2)17(3)8-5-9-18-12-11(16-13(18)14)6-4-7-15-12/h4,6-7,10H,5,8-9H2,1-3H3,(H2,14,16). The van der Waals surface area contributed by atoms with Crippen molar-refractivity contribution in [2.45, 2.75) is 32.9 Å². The van der Waals surface area contributed by atoms with E-state index in [1.165, 1.54) is 0 Å². The predicted octanol–water partition coefficient (Wildman–Crippen LogP) is 1.74. The number of anilines is 1. The molecule has 18 heavy (non-hydrogen) atoms. The van der Waals surface area contributed by atoms with Crippen LogP contribution in [0.1, 0.15) is 20.3 Å². The van der Waals surface area contributed by atoms with Gasteiger partial charge in [0, 0.05) is 18.8 Å². The maximum atomic E-state index is 5.93. The number of hydrogen-bond donors (Lipinski definition) is 1. The van der Waals surface area contributed by atoms with E-state index in [4.69, 9.17) is 5.73 Å². The van der Waals surface area contributed by atoms with E-state index >= 15 is 0 Å². The number of pyridine rings is 1. The van der Waals surface area contributed by atoms with Gasteiger partial charge in [0.05, 0.1) is 0 Å². The van der Waals surface area contributed by atoms with E-state index in [1.807, 2.05) is 16.7 Å². The van der Waals surface area contributed by atoms with Crippen molar-refractivity contribution >= 4 is 17.1 Å². The number of rotatable bonds is 5. The lowest BCUT2D eigenvalue weighted by Gasteiger charge is -2.20. The molecule has 0 atom stereocenters. The lowest BCUT2D eigenvalue weighted by atomic mass is 10.3. The van der Waals surface area contributed by atoms with Crippen LogP contribution < -0.4 is 5.73 Å². The van der Waals surface area contributed by atoms with Gasteiger partial charge in [-0.2, -0.15) is 0 Å². The van der Waals surface area contributed by atoms with Crippen LogP contribution in [0, 0.1) is 0 Å². The molecule has 0 fully saturated rings. The molecule has 2 aromatic heterocycles. The van der Waals surface area contributed by atoms with Crippen molar-refractivity contribution in [3.8, 4) is 0 Å². The van der Waals surface area contributed by atoms with Crippen molar-refractivity contribution in [3.05, 3.63) is 18.3 Å². The van der Waals surface area contributed by atoms with Gasteiger partial charge in [0.25, 0.3) is 0 Å². The zero-order valence-corrected chi connectivity index (χ0v) is 11.3. The van der Waals surface area contributed by atoms with E-state index < -0.39 is 0 Å². The monoisotopic (exact) mass is 247 g/mol. The minimum atomic E-state index is 0.552. The summed E-state index contributed by atoms with van der Waals surface area (Å²) in [7, 11) is 2.14. The molecule has 0 radical (unpaired) electrons. The molecular weight excluding hydrogens is 226 g/mol. The summed E-state index contributed by atoms with van der Waals surface area (Å²) in [4.78, 5) is 11.0. The molecule has 2 aromatic rings. The summed E-state index contributed by atoms with van der Waals surface area (Å²) in [6.07, 6.45) is 2.82. The Morgan fingerprint density at radius 2 is 2.22 bits per heavy atom. The molecule has 5 heteroatoms. The second-order valence-electron chi connectivity index (χ2n) is 4.90. The van der Waals surface area contributed by atoms with Crippen molar-refractivity contribution in [2.24, 2.45) is 0 Å². The first-order valence-corrected chi connectivity index (χ1v) is 6.36. The Labute approximate surface area is 108 Å². The highest BCUT2D eigenvalue weighted by Crippen LogP contribution is 2.15. The molecule has 0 aromatic carbocycles. The average Bonchev–Trinajstić information content (AvgIpc) is 2.65. The van der Waals surface area contributed by atoms with E-state index in [9.17, 15) is 0 Å². The zero-order chi connectivity index (χ0) is 13.1. The van der Waals surface area contributed by atoms with Crippen LogP contribution in [0.5, 0.6) is 0 Å². The van der Waals surface area contributed by atoms with Crippen molar-refractivity contribution in [1.82, 2.24) is 19.4 Å². The Kier molecular flexibility index (Phi) is 3.81. The molecule has 0 saturated heterocycles. The molecule has 0 bridgehead atoms. The quantitative estimate of drug-likeness (QED) is 0.874. The number of nitrogens with two attached hydrogens (primary N) is 1. The highest BCUT2D eigenvalue weighted by molar-refractivity contribution is 5.73. The first kappa shape index (κ1) is 12.8. The van der Waals surface area contributed by atoms with Crippen LogP contribution in [0.3, 0.4) is 0 Å². The molecule has 98 valence electrons. The highest BCUT2D eigenvalue weighted by Gasteiger charge is 2.09. The third-order valence-corrected chi connectivity index (χ3v) is 3.31. The molecule has 5 nitrogen and oxygen atoms in total. The second-order valence-corrected chi connectivity index (χ2v) is 4.90. The molecule has 2 rings (SSSR count). The number of nitrogen functional groups attached to an aromatic ring is 1. The van der Waals surface area contributed by atoms with Crippen molar-refractivity contribution < 1.29 is 0 Å². The van der Waals surface area contributed by atoms with E-state index in [-0.39, 0.29) is 0 Å². The highest BCUT2D eigenvalue weighted by atomic mass is 15.2. The molecule has 0 amide bonds. The minimum absolute atomic E-state index is 0.552. The van der Waals surface area contributed by atoms with Crippen LogP contribution in [-0.4, -0.2) is 39.1 Å². The fourth-order valence-electron chi connectivity index (χ4n) is 1.93. The summed E-state index contributed by atoms with van der Waals surface area (Å²) in [6, 6.07) is 4.39. The third kappa shape index (κ3) is 2.61. The molecule has 2 N–H and O–H groups in total. The molecule has 0 aliphatic rings. The number of aryl methyl sites for hydroxylation is 1. The molecule has 2 heterocycles. The van der Waals surface area contributed by atoms with Crippen LogP contribution in [0.25, 0.3) is 11.2 Å². The van der Waals surface area contributed by atoms with E-state index in [0.717, 1.165) is 30.7 Å². The lowest BCUT2D eigenvalue weighted by Crippen LogP contribution is -2.28. The molecule has 0 aliphatic carbocycles. The Balaban J connectivity index is 2.05. The number of aromatic nitrogens is 3. The summed E-state index contributed by atoms with van der Waals surface area (Å²) in [6.45, 7) is 6.30. The smallest absolute Gasteiger partial charge is 0.202 e. The third-order valence-electron chi connectivity index (χ3n) is 3.31. The Bertz CT molecular complexity index is 517. The van der Waals surface area contributed by atoms with Crippen molar-refractivity contribution in [1.29, 1.82) is 0 Å². The summed E-state index contributed by atoms with van der Waals surface area (Å²) in [5.74, 6) is 0.552. The summed E-state index contributed by atoms with van der Waals surface area (Å²) in [5, 5.41) is 0. The van der Waals surface area contributed by atoms with Crippen LogP contribution >= 0.6 is 0 Å². The van der Waals surface area contributed by atoms with Gasteiger partial charge in [0.2, 0.25) is 5.95 Å². The SMILES string of the molecule is CC(C)N(C)CCCn1c(N)nc2cccnc21. The summed E-state index contributed by atoms with van der Waals surface area (Å²) >= 11 is 0. The van der Waals surface area contributed by atoms with Gasteiger partial charge in [-0.15, -0.1) is 0 Å². The van der Waals surface area contributed by atoms with Crippen LogP contribution in [0.2, 0.25) is 0 Å². The van der Waals surface area contributed by atoms with E-state index in [0.29, 0.717) is 12.0 Å². The van der Waals surface area contributed by atoms with Crippen molar-refractivity contribution in [3.63, 3.8) is 0 Å². The molecule has 0 saturated carbocycles. The zero-order valence-electron chi connectivity index (χ0n) is 11.3. The van der Waals surface area contributed by atoms with Gasteiger partial charge in [-0.3, -0.25) is 4.57 Å². The molecule has 0 spiro atoms. The van der Waals surface area contributed by atoms with Gasteiger partial charge in [0.1, 0.15) is 5.52 Å². The molecule has 0 unspecified atom stereocenters. The van der Waals surface area contributed by atoms with Crippen molar-refractivity contribution in [2.75, 3.05) is 19.3 Å². The normalized spacial score (nSPS) is 11.8. The fourth-order valence-corrected chi connectivity index (χ4v) is 1.93. The topological polar surface area (TPSA) is 60.0 Å². The van der Waals surface area contributed by atoms with Crippen LogP contribution in [0.4, 0.5) is 5.95 Å². The number of hydrogen-bond acceptors (Lipinski definition) is 4. The number of fused-ring (bicyclic) bond motifs is 1. The van der Waals surface area contributed by atoms with Gasteiger partial charge in [-0.1, -0.05) is 0 Å². The largest absolute Gasteiger partial charge is 0.369 e. The maximum absolute atomic E-state index is 5.93. The van der Waals surface area contributed by atoms with Gasteiger partial charge < -0.3 is 10.6 Å². The number of imidazole rings is 1. The first-order chi connectivity index (χ1) is 8.59. The van der Waals surface area contributed by atoms with Gasteiger partial charge >= 0.3 is 0 Å². The molecular formula is C13H21N5. The lowest BCUT2D eigenvalue weighted by molar-refractivity contribution is 0.266. The summed E-state index contributed by atoms with van der Waals surface area (Å²) < 4.78 is 1.99. The Morgan fingerprint density at radius 3 is 2.94 bits per heavy atom. The number of nitrogens with zero attached hydrogens (tertiary/aromatic N) is 4. The Morgan fingerprint density at radius 1 is 1.44 bits per heavy atom. The minimum Gasteiger partial charge on any atom is -0.369 e. The van der Waals surface area contributed by atoms with Crippen LogP contribution in [-0.2, 0) is 6.54 Å². The fraction of sp³-hybridized carbons (Fsp3) is 0.538. The Hall–Kier alpha value is -1.62.